The first kappa shape index (κ1) is 10.2. The second kappa shape index (κ2) is 4.03. The van der Waals surface area contributed by atoms with Crippen LogP contribution in [0.4, 0.5) is 0 Å². The summed E-state index contributed by atoms with van der Waals surface area (Å²) in [4.78, 5) is 8.21. The normalized spacial score (nSPS) is 10.9. The molecular weight excluding hydrogens is 212 g/mol. The van der Waals surface area contributed by atoms with Gasteiger partial charge in [-0.3, -0.25) is 0 Å². The Balaban J connectivity index is 2.54. The van der Waals surface area contributed by atoms with Gasteiger partial charge < -0.3 is 4.42 Å². The number of halogens is 1. The summed E-state index contributed by atoms with van der Waals surface area (Å²) in [6.07, 6.45) is 4.81. The minimum absolute atomic E-state index is 0.356. The van der Waals surface area contributed by atoms with Gasteiger partial charge in [0.25, 0.3) is 0 Å². The Morgan fingerprint density at radius 2 is 2.07 bits per heavy atom. The second-order valence-electron chi connectivity index (χ2n) is 3.55. The van der Waals surface area contributed by atoms with Crippen LogP contribution in [0, 0.1) is 0 Å². The van der Waals surface area contributed by atoms with Gasteiger partial charge in [-0.2, -0.15) is 0 Å². The van der Waals surface area contributed by atoms with Gasteiger partial charge in [-0.25, -0.2) is 9.97 Å². The molecule has 0 spiro atoms. The molecule has 4 heteroatoms. The Kier molecular flexibility index (Phi) is 2.73. The summed E-state index contributed by atoms with van der Waals surface area (Å²) in [6.45, 7) is 4.17. The van der Waals surface area contributed by atoms with Crippen molar-refractivity contribution in [3.8, 4) is 11.6 Å². The lowest BCUT2D eigenvalue weighted by atomic mass is 10.0. The van der Waals surface area contributed by atoms with E-state index in [1.165, 1.54) is 6.26 Å². The van der Waals surface area contributed by atoms with E-state index in [1.54, 1.807) is 12.4 Å². The lowest BCUT2D eigenvalue weighted by Crippen LogP contribution is -1.93. The van der Waals surface area contributed by atoms with Crippen LogP contribution in [-0.2, 0) is 0 Å². The predicted octanol–water partition coefficient (Wildman–Crippen LogP) is 3.51. The summed E-state index contributed by atoms with van der Waals surface area (Å²) in [5.74, 6) is 0.816. The van der Waals surface area contributed by atoms with E-state index in [0.717, 1.165) is 5.56 Å². The van der Waals surface area contributed by atoms with Crippen molar-refractivity contribution in [2.24, 2.45) is 0 Å². The van der Waals surface area contributed by atoms with Gasteiger partial charge in [0, 0.05) is 6.20 Å². The highest BCUT2D eigenvalue weighted by atomic mass is 35.5. The van der Waals surface area contributed by atoms with Gasteiger partial charge in [0.05, 0.1) is 11.2 Å². The maximum atomic E-state index is 6.23. The predicted molar refractivity (Wildman–Crippen MR) is 58.8 cm³/mol. The van der Waals surface area contributed by atoms with Crippen LogP contribution in [0.3, 0.4) is 0 Å². The van der Waals surface area contributed by atoms with Gasteiger partial charge >= 0.3 is 0 Å². The van der Waals surface area contributed by atoms with Crippen LogP contribution < -0.4 is 0 Å². The van der Waals surface area contributed by atoms with Gasteiger partial charge in [0.1, 0.15) is 12.0 Å². The minimum Gasteiger partial charge on any atom is -0.443 e. The highest BCUT2D eigenvalue weighted by Crippen LogP contribution is 2.31. The average molecular weight is 223 g/mol. The number of pyridine rings is 1. The Labute approximate surface area is 93.1 Å². The fraction of sp³-hybridized carbons (Fsp3) is 0.273. The first-order valence-corrected chi connectivity index (χ1v) is 5.12. The van der Waals surface area contributed by atoms with E-state index < -0.39 is 0 Å². The molecule has 0 amide bonds. The number of hydrogen-bond acceptors (Lipinski definition) is 3. The summed E-state index contributed by atoms with van der Waals surface area (Å²) >= 11 is 6.23. The average Bonchev–Trinajstić information content (AvgIpc) is 2.70. The van der Waals surface area contributed by atoms with E-state index in [9.17, 15) is 0 Å². The van der Waals surface area contributed by atoms with Crippen LogP contribution in [0.1, 0.15) is 25.3 Å². The highest BCUT2D eigenvalue weighted by Gasteiger charge is 2.14. The molecule has 0 atom stereocenters. The van der Waals surface area contributed by atoms with Crippen LogP contribution in [0.2, 0.25) is 5.02 Å². The van der Waals surface area contributed by atoms with Crippen molar-refractivity contribution >= 4 is 11.6 Å². The standard InChI is InChI=1S/C11H11ClN2O/c1-7(2)8-3-4-13-10(9(8)12)11-14-5-6-15-11/h3-7H,1-2H3. The zero-order valence-electron chi connectivity index (χ0n) is 8.57. The van der Waals surface area contributed by atoms with E-state index in [4.69, 9.17) is 16.0 Å². The van der Waals surface area contributed by atoms with E-state index >= 15 is 0 Å². The molecule has 0 aliphatic carbocycles. The maximum Gasteiger partial charge on any atom is 0.246 e. The number of rotatable bonds is 2. The molecule has 3 nitrogen and oxygen atoms in total. The summed E-state index contributed by atoms with van der Waals surface area (Å²) < 4.78 is 5.18. The Bertz CT molecular complexity index is 452. The molecule has 0 bridgehead atoms. The molecule has 78 valence electrons. The van der Waals surface area contributed by atoms with Crippen molar-refractivity contribution in [2.45, 2.75) is 19.8 Å². The van der Waals surface area contributed by atoms with Crippen molar-refractivity contribution < 1.29 is 4.42 Å². The van der Waals surface area contributed by atoms with Gasteiger partial charge in [0.15, 0.2) is 0 Å². The quantitative estimate of drug-likeness (QED) is 0.781. The fourth-order valence-corrected chi connectivity index (χ4v) is 1.80. The number of oxazole rings is 1. The molecule has 0 saturated heterocycles. The van der Waals surface area contributed by atoms with Crippen molar-refractivity contribution in [1.82, 2.24) is 9.97 Å². The molecule has 2 rings (SSSR count). The molecule has 0 N–H and O–H groups in total. The van der Waals surface area contributed by atoms with Crippen LogP contribution in [-0.4, -0.2) is 9.97 Å². The van der Waals surface area contributed by atoms with E-state index in [2.05, 4.69) is 23.8 Å². The molecular formula is C11H11ClN2O. The van der Waals surface area contributed by atoms with Gasteiger partial charge in [-0.15, -0.1) is 0 Å². The third-order valence-corrected chi connectivity index (χ3v) is 2.57. The molecule has 0 aliphatic rings. The third kappa shape index (κ3) is 1.88. The molecule has 0 fully saturated rings. The molecule has 15 heavy (non-hydrogen) atoms. The minimum atomic E-state index is 0.356. The Hall–Kier alpha value is -1.35. The van der Waals surface area contributed by atoms with Crippen molar-refractivity contribution in [3.63, 3.8) is 0 Å². The zero-order chi connectivity index (χ0) is 10.8. The molecule has 0 aliphatic heterocycles. The first-order chi connectivity index (χ1) is 7.20. The monoisotopic (exact) mass is 222 g/mol. The van der Waals surface area contributed by atoms with Gasteiger partial charge in [-0.05, 0) is 17.5 Å². The molecule has 2 aromatic rings. The lowest BCUT2D eigenvalue weighted by molar-refractivity contribution is 0.572. The topological polar surface area (TPSA) is 38.9 Å². The smallest absolute Gasteiger partial charge is 0.246 e. The molecule has 0 aromatic carbocycles. The van der Waals surface area contributed by atoms with Crippen molar-refractivity contribution in [3.05, 3.63) is 35.3 Å². The van der Waals surface area contributed by atoms with E-state index in [0.29, 0.717) is 22.5 Å². The third-order valence-electron chi connectivity index (χ3n) is 2.18. The molecule has 2 aromatic heterocycles. The van der Waals surface area contributed by atoms with Crippen molar-refractivity contribution in [1.29, 1.82) is 0 Å². The zero-order valence-corrected chi connectivity index (χ0v) is 9.32. The SMILES string of the molecule is CC(C)c1ccnc(-c2ncco2)c1Cl. The largest absolute Gasteiger partial charge is 0.443 e. The number of nitrogens with zero attached hydrogens (tertiary/aromatic N) is 2. The summed E-state index contributed by atoms with van der Waals surface area (Å²) in [5, 5.41) is 0.620. The summed E-state index contributed by atoms with van der Waals surface area (Å²) in [5.41, 5.74) is 1.66. The molecule has 2 heterocycles. The Morgan fingerprint density at radius 1 is 1.27 bits per heavy atom. The number of aromatic nitrogens is 2. The maximum absolute atomic E-state index is 6.23. The molecule has 0 unspecified atom stereocenters. The van der Waals surface area contributed by atoms with Crippen LogP contribution >= 0.6 is 11.6 Å². The first-order valence-electron chi connectivity index (χ1n) is 4.74. The highest BCUT2D eigenvalue weighted by molar-refractivity contribution is 6.33. The summed E-state index contributed by atoms with van der Waals surface area (Å²) in [7, 11) is 0. The van der Waals surface area contributed by atoms with Crippen LogP contribution in [0.15, 0.2) is 29.1 Å². The second-order valence-corrected chi connectivity index (χ2v) is 3.93. The van der Waals surface area contributed by atoms with Gasteiger partial charge in [-0.1, -0.05) is 25.4 Å². The number of hydrogen-bond donors (Lipinski definition) is 0. The lowest BCUT2D eigenvalue weighted by Gasteiger charge is -2.09. The summed E-state index contributed by atoms with van der Waals surface area (Å²) in [6, 6.07) is 1.92. The van der Waals surface area contributed by atoms with Gasteiger partial charge in [0.2, 0.25) is 5.89 Å². The van der Waals surface area contributed by atoms with Crippen LogP contribution in [0.25, 0.3) is 11.6 Å². The molecule has 0 saturated carbocycles. The van der Waals surface area contributed by atoms with E-state index in [1.807, 2.05) is 6.07 Å². The molecule has 0 radical (unpaired) electrons. The van der Waals surface area contributed by atoms with Crippen LogP contribution in [0.5, 0.6) is 0 Å². The Morgan fingerprint density at radius 3 is 2.67 bits per heavy atom. The fourth-order valence-electron chi connectivity index (χ4n) is 1.39. The van der Waals surface area contributed by atoms with Crippen molar-refractivity contribution in [2.75, 3.05) is 0 Å². The van der Waals surface area contributed by atoms with E-state index in [-0.39, 0.29) is 0 Å².